The fourth-order valence-corrected chi connectivity index (χ4v) is 5.50. The van der Waals surface area contributed by atoms with Gasteiger partial charge in [0.05, 0.1) is 24.9 Å². The van der Waals surface area contributed by atoms with Crippen LogP contribution < -0.4 is 5.32 Å². The number of benzene rings is 1. The molecule has 4 rings (SSSR count). The Bertz CT molecular complexity index is 990. The van der Waals surface area contributed by atoms with Crippen LogP contribution in [0.3, 0.4) is 0 Å². The maximum Gasteiger partial charge on any atom is 0.306 e. The molecule has 0 saturated carbocycles. The topological polar surface area (TPSA) is 59.4 Å². The van der Waals surface area contributed by atoms with Crippen LogP contribution in [0, 0.1) is 19.3 Å². The highest BCUT2D eigenvalue weighted by atomic mass is 16.5. The number of hydrogen-bond acceptors (Lipinski definition) is 5. The Morgan fingerprint density at radius 1 is 1.15 bits per heavy atom. The number of likely N-dealkylation sites (tertiary alicyclic amines) is 1. The van der Waals surface area contributed by atoms with E-state index in [1.54, 1.807) is 0 Å². The number of nitrogens with zero attached hydrogens (tertiary/aromatic N) is 3. The molecule has 2 aliphatic heterocycles. The Balaban J connectivity index is 1.65. The predicted molar refractivity (Wildman–Crippen MR) is 132 cm³/mol. The second kappa shape index (κ2) is 9.22. The van der Waals surface area contributed by atoms with Crippen LogP contribution in [0.4, 0.5) is 0 Å². The number of hydrogen-bond donors (Lipinski definition) is 1. The quantitative estimate of drug-likeness (QED) is 0.668. The van der Waals surface area contributed by atoms with E-state index < -0.39 is 0 Å². The van der Waals surface area contributed by atoms with E-state index in [0.29, 0.717) is 11.8 Å². The second-order valence-electron chi connectivity index (χ2n) is 11.3. The van der Waals surface area contributed by atoms with E-state index in [0.717, 1.165) is 49.8 Å². The number of piperidine rings is 1. The van der Waals surface area contributed by atoms with E-state index in [2.05, 4.69) is 62.2 Å². The van der Waals surface area contributed by atoms with E-state index in [1.165, 1.54) is 31.1 Å². The average Bonchev–Trinajstić information content (AvgIpc) is 3.09. The second-order valence-corrected chi connectivity index (χ2v) is 11.3. The molecule has 180 valence electrons. The van der Waals surface area contributed by atoms with Crippen molar-refractivity contribution in [2.45, 2.75) is 65.2 Å². The number of aromatic nitrogens is 2. The first-order chi connectivity index (χ1) is 15.6. The summed E-state index contributed by atoms with van der Waals surface area (Å²) in [7, 11) is 1.49. The molecule has 2 aromatic rings. The summed E-state index contributed by atoms with van der Waals surface area (Å²) in [4.78, 5) is 14.9. The minimum Gasteiger partial charge on any atom is -0.469 e. The Morgan fingerprint density at radius 3 is 2.42 bits per heavy atom. The van der Waals surface area contributed by atoms with Gasteiger partial charge in [-0.3, -0.25) is 4.79 Å². The lowest BCUT2D eigenvalue weighted by Gasteiger charge is -2.53. The first kappa shape index (κ1) is 24.0. The molecule has 1 aromatic carbocycles. The summed E-state index contributed by atoms with van der Waals surface area (Å²) < 4.78 is 7.12. The molecule has 0 bridgehead atoms. The number of carbonyl (C=O) groups excluding carboxylic acids is 1. The zero-order valence-electron chi connectivity index (χ0n) is 21.2. The highest BCUT2D eigenvalue weighted by Crippen LogP contribution is 2.40. The van der Waals surface area contributed by atoms with Crippen molar-refractivity contribution in [2.24, 2.45) is 5.41 Å². The zero-order chi connectivity index (χ0) is 23.8. The maximum absolute atomic E-state index is 12.4. The molecular formula is C27H40N4O2. The molecule has 1 atom stereocenters. The molecule has 1 spiro atoms. The van der Waals surface area contributed by atoms with Gasteiger partial charge in [-0.15, -0.1) is 0 Å². The standard InChI is InChI=1S/C27H40N4O2/c1-19-11-20(2)31(29-19)24-13-21(12-23(15-24)26(3,4)5)22(14-25(32)33-6)16-30-17-27(18-30)7-9-28-10-8-27/h11-13,15,22,28H,7-10,14,16-18H2,1-6H3/t22-/m1/s1. The van der Waals surface area contributed by atoms with Crippen LogP contribution in [0.1, 0.15) is 68.5 Å². The molecule has 0 amide bonds. The Kier molecular flexibility index (Phi) is 6.70. The number of carbonyl (C=O) groups is 1. The zero-order valence-corrected chi connectivity index (χ0v) is 21.2. The number of esters is 1. The van der Waals surface area contributed by atoms with Gasteiger partial charge in [0.25, 0.3) is 0 Å². The van der Waals surface area contributed by atoms with Crippen molar-refractivity contribution in [2.75, 3.05) is 39.8 Å². The van der Waals surface area contributed by atoms with Gasteiger partial charge in [0.2, 0.25) is 0 Å². The van der Waals surface area contributed by atoms with Gasteiger partial charge in [-0.05, 0) is 79.9 Å². The van der Waals surface area contributed by atoms with Crippen molar-refractivity contribution in [3.8, 4) is 5.69 Å². The average molecular weight is 453 g/mol. The van der Waals surface area contributed by atoms with E-state index >= 15 is 0 Å². The normalized spacial score (nSPS) is 19.3. The van der Waals surface area contributed by atoms with Crippen LogP contribution in [0.2, 0.25) is 0 Å². The Morgan fingerprint density at radius 2 is 1.85 bits per heavy atom. The van der Waals surface area contributed by atoms with E-state index in [9.17, 15) is 4.79 Å². The molecule has 3 heterocycles. The van der Waals surface area contributed by atoms with Crippen molar-refractivity contribution in [3.63, 3.8) is 0 Å². The molecule has 6 heteroatoms. The van der Waals surface area contributed by atoms with Crippen LogP contribution in [0.25, 0.3) is 5.69 Å². The van der Waals surface area contributed by atoms with E-state index in [4.69, 9.17) is 9.84 Å². The van der Waals surface area contributed by atoms with E-state index in [1.807, 2.05) is 11.6 Å². The fraction of sp³-hybridized carbons (Fsp3) is 0.630. The lowest BCUT2D eigenvalue weighted by Crippen LogP contribution is -2.60. The third-order valence-corrected chi connectivity index (χ3v) is 7.43. The lowest BCUT2D eigenvalue weighted by atomic mass is 9.72. The third kappa shape index (κ3) is 5.33. The maximum atomic E-state index is 12.4. The van der Waals surface area contributed by atoms with Crippen molar-refractivity contribution in [1.29, 1.82) is 0 Å². The number of nitrogens with one attached hydrogen (secondary N) is 1. The van der Waals surface area contributed by atoms with Gasteiger partial charge in [-0.2, -0.15) is 5.10 Å². The van der Waals surface area contributed by atoms with Gasteiger partial charge >= 0.3 is 5.97 Å². The molecule has 33 heavy (non-hydrogen) atoms. The van der Waals surface area contributed by atoms with Crippen molar-refractivity contribution in [3.05, 3.63) is 46.8 Å². The first-order valence-electron chi connectivity index (χ1n) is 12.3. The summed E-state index contributed by atoms with van der Waals surface area (Å²) in [6.07, 6.45) is 2.91. The predicted octanol–water partition coefficient (Wildman–Crippen LogP) is 4.12. The molecule has 2 saturated heterocycles. The summed E-state index contributed by atoms with van der Waals surface area (Å²) >= 11 is 0. The number of rotatable bonds is 6. The number of methoxy groups -OCH3 is 1. The van der Waals surface area contributed by atoms with Crippen molar-refractivity contribution < 1.29 is 9.53 Å². The molecule has 2 aliphatic rings. The van der Waals surface area contributed by atoms with Crippen LogP contribution >= 0.6 is 0 Å². The fourth-order valence-electron chi connectivity index (χ4n) is 5.50. The van der Waals surface area contributed by atoms with Crippen LogP contribution in [-0.4, -0.2) is 60.5 Å². The van der Waals surface area contributed by atoms with Gasteiger partial charge in [0.1, 0.15) is 0 Å². The summed E-state index contributed by atoms with van der Waals surface area (Å²) in [5.41, 5.74) is 6.11. The summed E-state index contributed by atoms with van der Waals surface area (Å²) in [5, 5.41) is 8.22. The largest absolute Gasteiger partial charge is 0.469 e. The molecule has 1 N–H and O–H groups in total. The third-order valence-electron chi connectivity index (χ3n) is 7.43. The highest BCUT2D eigenvalue weighted by molar-refractivity contribution is 5.70. The van der Waals surface area contributed by atoms with Crippen molar-refractivity contribution >= 4 is 5.97 Å². The molecular weight excluding hydrogens is 412 g/mol. The molecule has 6 nitrogen and oxygen atoms in total. The smallest absolute Gasteiger partial charge is 0.306 e. The molecule has 0 unspecified atom stereocenters. The minimum absolute atomic E-state index is 0.00735. The number of aryl methyl sites for hydroxylation is 2. The van der Waals surface area contributed by atoms with Gasteiger partial charge < -0.3 is 15.0 Å². The van der Waals surface area contributed by atoms with Gasteiger partial charge in [0.15, 0.2) is 0 Å². The monoisotopic (exact) mass is 452 g/mol. The molecule has 0 aliphatic carbocycles. The molecule has 2 fully saturated rings. The van der Waals surface area contributed by atoms with Crippen LogP contribution in [-0.2, 0) is 14.9 Å². The van der Waals surface area contributed by atoms with Gasteiger partial charge in [-0.25, -0.2) is 4.68 Å². The lowest BCUT2D eigenvalue weighted by molar-refractivity contribution is -0.141. The number of ether oxygens (including phenoxy) is 1. The van der Waals surface area contributed by atoms with Crippen LogP contribution in [0.5, 0.6) is 0 Å². The van der Waals surface area contributed by atoms with E-state index in [-0.39, 0.29) is 17.3 Å². The Labute approximate surface area is 198 Å². The SMILES string of the molecule is COC(=O)C[C@H](CN1CC2(CCNCC2)C1)c1cc(-n2nc(C)cc2C)cc(C(C)(C)C)c1. The van der Waals surface area contributed by atoms with Crippen molar-refractivity contribution in [1.82, 2.24) is 20.0 Å². The molecule has 1 aromatic heterocycles. The first-order valence-corrected chi connectivity index (χ1v) is 12.3. The van der Waals surface area contributed by atoms with Gasteiger partial charge in [-0.1, -0.05) is 26.8 Å². The highest BCUT2D eigenvalue weighted by Gasteiger charge is 2.44. The Hall–Kier alpha value is -2.18. The molecule has 0 radical (unpaired) electrons. The minimum atomic E-state index is -0.147. The summed E-state index contributed by atoms with van der Waals surface area (Å²) in [5.74, 6) is -0.0551. The van der Waals surface area contributed by atoms with Crippen LogP contribution in [0.15, 0.2) is 24.3 Å². The van der Waals surface area contributed by atoms with Gasteiger partial charge in [0, 0.05) is 31.2 Å². The summed E-state index contributed by atoms with van der Waals surface area (Å²) in [6, 6.07) is 8.87. The summed E-state index contributed by atoms with van der Waals surface area (Å²) in [6.45, 7) is 16.2.